The summed E-state index contributed by atoms with van der Waals surface area (Å²) in [5, 5.41) is 0. The van der Waals surface area contributed by atoms with Crippen LogP contribution in [0.1, 0.15) is 73.6 Å². The Hall–Kier alpha value is -0.530. The second-order valence-corrected chi connectivity index (χ2v) is 7.16. The molecule has 0 aliphatic heterocycles. The summed E-state index contributed by atoms with van der Waals surface area (Å²) in [6.45, 7) is 12.7. The van der Waals surface area contributed by atoms with E-state index in [0.29, 0.717) is 0 Å². The van der Waals surface area contributed by atoms with Crippen molar-refractivity contribution in [1.29, 1.82) is 0 Å². The summed E-state index contributed by atoms with van der Waals surface area (Å²) in [7, 11) is 0. The predicted molar refractivity (Wildman–Crippen MR) is 75.4 cm³/mol. The Morgan fingerprint density at radius 1 is 1.33 bits per heavy atom. The molecular weight excluding hydrogens is 224 g/mol. The van der Waals surface area contributed by atoms with Gasteiger partial charge in [-0.1, -0.05) is 20.8 Å². The van der Waals surface area contributed by atoms with E-state index in [1.165, 1.54) is 12.8 Å². The van der Waals surface area contributed by atoms with Crippen molar-refractivity contribution in [3.05, 3.63) is 0 Å². The summed E-state index contributed by atoms with van der Waals surface area (Å²) in [6, 6.07) is 0. The molecule has 2 heteroatoms. The van der Waals surface area contributed by atoms with Crippen LogP contribution in [0.5, 0.6) is 0 Å². The molecule has 1 fully saturated rings. The minimum absolute atomic E-state index is 0.0319. The van der Waals surface area contributed by atoms with Gasteiger partial charge in [-0.15, -0.1) is 0 Å². The molecule has 0 aromatic heterocycles. The van der Waals surface area contributed by atoms with Crippen molar-refractivity contribution < 1.29 is 9.53 Å². The molecule has 1 rings (SSSR count). The van der Waals surface area contributed by atoms with E-state index in [1.807, 2.05) is 20.8 Å². The molecule has 18 heavy (non-hydrogen) atoms. The molecule has 0 saturated heterocycles. The van der Waals surface area contributed by atoms with Crippen LogP contribution in [-0.4, -0.2) is 11.6 Å². The van der Waals surface area contributed by atoms with Gasteiger partial charge in [0.05, 0.1) is 5.41 Å². The molecule has 0 N–H and O–H groups in total. The van der Waals surface area contributed by atoms with E-state index >= 15 is 0 Å². The molecular formula is C16H30O2. The van der Waals surface area contributed by atoms with Gasteiger partial charge in [0.1, 0.15) is 5.60 Å². The van der Waals surface area contributed by atoms with E-state index in [2.05, 4.69) is 20.8 Å². The standard InChI is InChI=1S/C16H30O2/c1-7-15(4,5)14(17)18-16(6)10-8-13(9-11-16)12(2)3/h12-13H,7-11H2,1-6H3. The zero-order valence-corrected chi connectivity index (χ0v) is 13.0. The zero-order valence-electron chi connectivity index (χ0n) is 13.0. The molecule has 0 radical (unpaired) electrons. The normalized spacial score (nSPS) is 29.4. The summed E-state index contributed by atoms with van der Waals surface area (Å²) < 4.78 is 5.82. The van der Waals surface area contributed by atoms with E-state index in [0.717, 1.165) is 31.1 Å². The monoisotopic (exact) mass is 254 g/mol. The number of esters is 1. The summed E-state index contributed by atoms with van der Waals surface area (Å²) in [4.78, 5) is 12.2. The molecule has 0 unspecified atom stereocenters. The number of rotatable bonds is 4. The first-order chi connectivity index (χ1) is 8.20. The Bertz CT molecular complexity index is 283. The summed E-state index contributed by atoms with van der Waals surface area (Å²) in [6.07, 6.45) is 5.24. The van der Waals surface area contributed by atoms with Crippen LogP contribution in [0.25, 0.3) is 0 Å². The first kappa shape index (κ1) is 15.5. The highest BCUT2D eigenvalue weighted by Gasteiger charge is 2.38. The molecule has 0 spiro atoms. The smallest absolute Gasteiger partial charge is 0.312 e. The van der Waals surface area contributed by atoms with E-state index in [4.69, 9.17) is 4.74 Å². The lowest BCUT2D eigenvalue weighted by atomic mass is 9.75. The van der Waals surface area contributed by atoms with Crippen molar-refractivity contribution in [2.75, 3.05) is 0 Å². The molecule has 0 heterocycles. The summed E-state index contributed by atoms with van der Waals surface area (Å²) in [5.74, 6) is 1.52. The quantitative estimate of drug-likeness (QED) is 0.687. The van der Waals surface area contributed by atoms with Gasteiger partial charge in [0.15, 0.2) is 0 Å². The van der Waals surface area contributed by atoms with Crippen LogP contribution < -0.4 is 0 Å². The zero-order chi connectivity index (χ0) is 14.0. The maximum absolute atomic E-state index is 12.2. The molecule has 1 aliphatic rings. The number of carbonyl (C=O) groups excluding carboxylic acids is 1. The molecule has 0 aromatic carbocycles. The highest BCUT2D eigenvalue weighted by atomic mass is 16.6. The highest BCUT2D eigenvalue weighted by molar-refractivity contribution is 5.76. The Morgan fingerprint density at radius 3 is 2.22 bits per heavy atom. The molecule has 106 valence electrons. The van der Waals surface area contributed by atoms with Gasteiger partial charge in [0.2, 0.25) is 0 Å². The van der Waals surface area contributed by atoms with E-state index in [1.54, 1.807) is 0 Å². The first-order valence-electron chi connectivity index (χ1n) is 7.43. The van der Waals surface area contributed by atoms with Crippen molar-refractivity contribution in [1.82, 2.24) is 0 Å². The molecule has 1 saturated carbocycles. The molecule has 0 atom stereocenters. The summed E-state index contributed by atoms with van der Waals surface area (Å²) in [5.41, 5.74) is -0.577. The fourth-order valence-electron chi connectivity index (χ4n) is 2.53. The summed E-state index contributed by atoms with van der Waals surface area (Å²) >= 11 is 0. The number of hydrogen-bond donors (Lipinski definition) is 0. The van der Waals surface area contributed by atoms with Crippen LogP contribution in [0.2, 0.25) is 0 Å². The van der Waals surface area contributed by atoms with Crippen LogP contribution in [0.4, 0.5) is 0 Å². The Kier molecular flexibility index (Phi) is 4.85. The predicted octanol–water partition coefficient (Wildman–Crippen LogP) is 4.57. The third-order valence-corrected chi connectivity index (χ3v) is 4.81. The minimum atomic E-state index is -0.349. The minimum Gasteiger partial charge on any atom is -0.459 e. The van der Waals surface area contributed by atoms with E-state index < -0.39 is 0 Å². The fourth-order valence-corrected chi connectivity index (χ4v) is 2.53. The van der Waals surface area contributed by atoms with Crippen LogP contribution in [0.15, 0.2) is 0 Å². The van der Waals surface area contributed by atoms with Crippen LogP contribution in [-0.2, 0) is 9.53 Å². The van der Waals surface area contributed by atoms with Crippen LogP contribution in [0.3, 0.4) is 0 Å². The second kappa shape index (κ2) is 5.63. The lowest BCUT2D eigenvalue weighted by Gasteiger charge is -2.39. The molecule has 1 aliphatic carbocycles. The van der Waals surface area contributed by atoms with Crippen LogP contribution in [0, 0.1) is 17.3 Å². The van der Waals surface area contributed by atoms with Crippen molar-refractivity contribution in [2.45, 2.75) is 79.2 Å². The second-order valence-electron chi connectivity index (χ2n) is 7.16. The molecule has 0 aromatic rings. The van der Waals surface area contributed by atoms with Crippen LogP contribution >= 0.6 is 0 Å². The topological polar surface area (TPSA) is 26.3 Å². The van der Waals surface area contributed by atoms with E-state index in [-0.39, 0.29) is 17.0 Å². The van der Waals surface area contributed by atoms with Gasteiger partial charge in [-0.2, -0.15) is 0 Å². The molecule has 2 nitrogen and oxygen atoms in total. The number of hydrogen-bond acceptors (Lipinski definition) is 2. The Labute approximate surface area is 112 Å². The lowest BCUT2D eigenvalue weighted by Crippen LogP contribution is -2.40. The third kappa shape index (κ3) is 3.73. The Balaban J connectivity index is 2.56. The fraction of sp³-hybridized carbons (Fsp3) is 0.938. The van der Waals surface area contributed by atoms with Crippen molar-refractivity contribution in [3.8, 4) is 0 Å². The largest absolute Gasteiger partial charge is 0.459 e. The maximum Gasteiger partial charge on any atom is 0.312 e. The SMILES string of the molecule is CCC(C)(C)C(=O)OC1(C)CCC(C(C)C)CC1. The van der Waals surface area contributed by atoms with Gasteiger partial charge in [0, 0.05) is 0 Å². The van der Waals surface area contributed by atoms with Crippen molar-refractivity contribution in [3.63, 3.8) is 0 Å². The average molecular weight is 254 g/mol. The van der Waals surface area contributed by atoms with Gasteiger partial charge in [-0.05, 0) is 64.7 Å². The van der Waals surface area contributed by atoms with Crippen molar-refractivity contribution in [2.24, 2.45) is 17.3 Å². The highest BCUT2D eigenvalue weighted by Crippen LogP contribution is 2.39. The number of ether oxygens (including phenoxy) is 1. The van der Waals surface area contributed by atoms with Gasteiger partial charge in [-0.3, -0.25) is 4.79 Å². The van der Waals surface area contributed by atoms with Gasteiger partial charge in [0.25, 0.3) is 0 Å². The average Bonchev–Trinajstić information content (AvgIpc) is 2.29. The van der Waals surface area contributed by atoms with Crippen molar-refractivity contribution >= 4 is 5.97 Å². The van der Waals surface area contributed by atoms with Gasteiger partial charge in [-0.25, -0.2) is 0 Å². The molecule has 0 bridgehead atoms. The number of carbonyl (C=O) groups is 1. The van der Waals surface area contributed by atoms with Gasteiger partial charge >= 0.3 is 5.97 Å². The molecule has 0 amide bonds. The van der Waals surface area contributed by atoms with E-state index in [9.17, 15) is 4.79 Å². The lowest BCUT2D eigenvalue weighted by molar-refractivity contribution is -0.173. The Morgan fingerprint density at radius 2 is 1.83 bits per heavy atom. The maximum atomic E-state index is 12.2. The van der Waals surface area contributed by atoms with Gasteiger partial charge < -0.3 is 4.74 Å². The first-order valence-corrected chi connectivity index (χ1v) is 7.43. The third-order valence-electron chi connectivity index (χ3n) is 4.81.